The van der Waals surface area contributed by atoms with Crippen LogP contribution >= 0.6 is 0 Å². The summed E-state index contributed by atoms with van der Waals surface area (Å²) in [6.45, 7) is 0. The zero-order valence-electron chi connectivity index (χ0n) is 12.2. The molecule has 0 amide bonds. The molecule has 0 atom stereocenters. The number of nitrogens with one attached hydrogen (secondary N) is 2. The second-order valence-corrected chi connectivity index (χ2v) is 5.57. The SMILES string of the molecule is c1ccc2c(-c3cc(-c4c[nH]c5ccccc45)on3)c[nH]c2c1. The van der Waals surface area contributed by atoms with Crippen LogP contribution in [0.15, 0.2) is 71.5 Å². The average Bonchev–Trinajstić information content (AvgIpc) is 3.31. The third-order valence-electron chi connectivity index (χ3n) is 4.23. The molecule has 3 aromatic heterocycles. The number of aromatic amines is 2. The highest BCUT2D eigenvalue weighted by Crippen LogP contribution is 2.33. The van der Waals surface area contributed by atoms with Crippen LogP contribution in [0, 0.1) is 0 Å². The summed E-state index contributed by atoms with van der Waals surface area (Å²) < 4.78 is 5.61. The maximum atomic E-state index is 5.61. The van der Waals surface area contributed by atoms with Crippen molar-refractivity contribution < 1.29 is 4.52 Å². The maximum Gasteiger partial charge on any atom is 0.169 e. The first-order valence-electron chi connectivity index (χ1n) is 7.50. The Balaban J connectivity index is 1.66. The largest absolute Gasteiger partial charge is 0.360 e. The highest BCUT2D eigenvalue weighted by atomic mass is 16.5. The van der Waals surface area contributed by atoms with Crippen molar-refractivity contribution >= 4 is 21.8 Å². The van der Waals surface area contributed by atoms with Crippen LogP contribution in [0.5, 0.6) is 0 Å². The van der Waals surface area contributed by atoms with Crippen LogP contribution in [0.3, 0.4) is 0 Å². The molecule has 2 N–H and O–H groups in total. The van der Waals surface area contributed by atoms with Gasteiger partial charge >= 0.3 is 0 Å². The number of H-pyrrole nitrogens is 2. The van der Waals surface area contributed by atoms with Gasteiger partial charge in [0, 0.05) is 51.4 Å². The molecule has 4 heteroatoms. The summed E-state index contributed by atoms with van der Waals surface area (Å²) in [5.41, 5.74) is 5.10. The lowest BCUT2D eigenvalue weighted by Crippen LogP contribution is -1.73. The molecule has 5 aromatic rings. The van der Waals surface area contributed by atoms with Crippen LogP contribution in [0.1, 0.15) is 0 Å². The normalized spacial score (nSPS) is 11.5. The summed E-state index contributed by atoms with van der Waals surface area (Å²) in [6, 6.07) is 18.3. The van der Waals surface area contributed by atoms with E-state index in [-0.39, 0.29) is 0 Å². The van der Waals surface area contributed by atoms with E-state index in [0.717, 1.165) is 44.4 Å². The minimum absolute atomic E-state index is 0.766. The zero-order valence-corrected chi connectivity index (χ0v) is 12.2. The van der Waals surface area contributed by atoms with E-state index in [4.69, 9.17) is 4.52 Å². The van der Waals surface area contributed by atoms with Gasteiger partial charge in [-0.25, -0.2) is 0 Å². The molecule has 0 radical (unpaired) electrons. The van der Waals surface area contributed by atoms with Crippen molar-refractivity contribution in [2.24, 2.45) is 0 Å². The number of para-hydroxylation sites is 2. The van der Waals surface area contributed by atoms with E-state index in [1.165, 1.54) is 0 Å². The first kappa shape index (κ1) is 12.3. The van der Waals surface area contributed by atoms with Crippen LogP contribution in [-0.2, 0) is 0 Å². The molecule has 0 aliphatic heterocycles. The Morgan fingerprint density at radius 3 is 2.09 bits per heavy atom. The van der Waals surface area contributed by atoms with Crippen molar-refractivity contribution in [3.05, 3.63) is 67.0 Å². The van der Waals surface area contributed by atoms with Gasteiger partial charge in [-0.2, -0.15) is 0 Å². The van der Waals surface area contributed by atoms with Gasteiger partial charge in [0.05, 0.1) is 0 Å². The molecule has 110 valence electrons. The molecule has 0 aliphatic rings. The van der Waals surface area contributed by atoms with Gasteiger partial charge in [-0.15, -0.1) is 0 Å². The monoisotopic (exact) mass is 299 g/mol. The van der Waals surface area contributed by atoms with Crippen LogP contribution in [0.4, 0.5) is 0 Å². The Labute approximate surface area is 131 Å². The van der Waals surface area contributed by atoms with E-state index >= 15 is 0 Å². The first-order valence-corrected chi connectivity index (χ1v) is 7.50. The minimum Gasteiger partial charge on any atom is -0.360 e. The fraction of sp³-hybridized carbons (Fsp3) is 0. The fourth-order valence-corrected chi connectivity index (χ4v) is 3.09. The molecule has 3 heterocycles. The molecule has 0 spiro atoms. The topological polar surface area (TPSA) is 57.6 Å². The van der Waals surface area contributed by atoms with Crippen molar-refractivity contribution in [3.8, 4) is 22.6 Å². The van der Waals surface area contributed by atoms with Gasteiger partial charge in [0.2, 0.25) is 0 Å². The molecule has 0 unspecified atom stereocenters. The van der Waals surface area contributed by atoms with Crippen molar-refractivity contribution in [1.29, 1.82) is 0 Å². The quantitative estimate of drug-likeness (QED) is 0.483. The van der Waals surface area contributed by atoms with Crippen molar-refractivity contribution in [3.63, 3.8) is 0 Å². The Morgan fingerprint density at radius 2 is 1.35 bits per heavy atom. The number of nitrogens with zero attached hydrogens (tertiary/aromatic N) is 1. The number of hydrogen-bond acceptors (Lipinski definition) is 2. The molecule has 0 aliphatic carbocycles. The van der Waals surface area contributed by atoms with Gasteiger partial charge in [0.1, 0.15) is 5.69 Å². The van der Waals surface area contributed by atoms with Gasteiger partial charge in [-0.1, -0.05) is 41.6 Å². The van der Waals surface area contributed by atoms with Gasteiger partial charge in [-0.05, 0) is 12.1 Å². The average molecular weight is 299 g/mol. The Morgan fingerprint density at radius 1 is 0.739 bits per heavy atom. The summed E-state index contributed by atoms with van der Waals surface area (Å²) >= 11 is 0. The molecule has 0 bridgehead atoms. The number of aromatic nitrogens is 3. The number of benzene rings is 2. The van der Waals surface area contributed by atoms with E-state index in [2.05, 4.69) is 39.4 Å². The van der Waals surface area contributed by atoms with Crippen LogP contribution in [-0.4, -0.2) is 15.1 Å². The summed E-state index contributed by atoms with van der Waals surface area (Å²) in [5.74, 6) is 0.766. The Bertz CT molecular complexity index is 1040. The molecule has 0 saturated heterocycles. The first-order chi connectivity index (χ1) is 11.4. The summed E-state index contributed by atoms with van der Waals surface area (Å²) in [4.78, 5) is 6.54. The standard InChI is InChI=1S/C19H13N3O/c1-3-7-16-12(5-1)14(10-20-16)18-9-19(23-22-18)15-11-21-17-8-4-2-6-13(15)17/h1-11,20-21H. The summed E-state index contributed by atoms with van der Waals surface area (Å²) in [6.07, 6.45) is 3.94. The van der Waals surface area contributed by atoms with Gasteiger partial charge in [0.25, 0.3) is 0 Å². The van der Waals surface area contributed by atoms with Crippen LogP contribution < -0.4 is 0 Å². The van der Waals surface area contributed by atoms with Crippen LogP contribution in [0.2, 0.25) is 0 Å². The predicted molar refractivity (Wildman–Crippen MR) is 91.1 cm³/mol. The van der Waals surface area contributed by atoms with E-state index in [0.29, 0.717) is 0 Å². The Hall–Kier alpha value is -3.27. The second kappa shape index (κ2) is 4.61. The number of rotatable bonds is 2. The molecular weight excluding hydrogens is 286 g/mol. The maximum absolute atomic E-state index is 5.61. The smallest absolute Gasteiger partial charge is 0.169 e. The zero-order chi connectivity index (χ0) is 15.2. The molecule has 2 aromatic carbocycles. The van der Waals surface area contributed by atoms with Crippen molar-refractivity contribution in [2.75, 3.05) is 0 Å². The summed E-state index contributed by atoms with van der Waals surface area (Å²) in [5, 5.41) is 6.54. The second-order valence-electron chi connectivity index (χ2n) is 5.57. The number of fused-ring (bicyclic) bond motifs is 2. The Kier molecular flexibility index (Phi) is 2.46. The third kappa shape index (κ3) is 1.82. The molecule has 5 rings (SSSR count). The van der Waals surface area contributed by atoms with E-state index in [9.17, 15) is 0 Å². The van der Waals surface area contributed by atoms with Gasteiger partial charge < -0.3 is 14.5 Å². The van der Waals surface area contributed by atoms with E-state index < -0.39 is 0 Å². The van der Waals surface area contributed by atoms with E-state index in [1.54, 1.807) is 0 Å². The number of hydrogen-bond donors (Lipinski definition) is 2. The minimum atomic E-state index is 0.766. The lowest BCUT2D eigenvalue weighted by molar-refractivity contribution is 0.435. The fourth-order valence-electron chi connectivity index (χ4n) is 3.09. The molecular formula is C19H13N3O. The lowest BCUT2D eigenvalue weighted by atomic mass is 10.1. The highest BCUT2D eigenvalue weighted by molar-refractivity contribution is 5.97. The summed E-state index contributed by atoms with van der Waals surface area (Å²) in [7, 11) is 0. The molecule has 23 heavy (non-hydrogen) atoms. The lowest BCUT2D eigenvalue weighted by Gasteiger charge is -1.92. The predicted octanol–water partition coefficient (Wildman–Crippen LogP) is 4.97. The molecule has 4 nitrogen and oxygen atoms in total. The molecule has 0 fully saturated rings. The van der Waals surface area contributed by atoms with Crippen LogP contribution in [0.25, 0.3) is 44.4 Å². The van der Waals surface area contributed by atoms with Gasteiger partial charge in [0.15, 0.2) is 5.76 Å². The van der Waals surface area contributed by atoms with E-state index in [1.807, 2.05) is 42.7 Å². The van der Waals surface area contributed by atoms with Crippen molar-refractivity contribution in [2.45, 2.75) is 0 Å². The third-order valence-corrected chi connectivity index (χ3v) is 4.23. The van der Waals surface area contributed by atoms with Gasteiger partial charge in [-0.3, -0.25) is 0 Å². The molecule has 0 saturated carbocycles. The highest BCUT2D eigenvalue weighted by Gasteiger charge is 2.14. The van der Waals surface area contributed by atoms with Crippen molar-refractivity contribution in [1.82, 2.24) is 15.1 Å².